The number of hydrogen-bond donors (Lipinski definition) is 1. The van der Waals surface area contributed by atoms with Gasteiger partial charge < -0.3 is 10.2 Å². The summed E-state index contributed by atoms with van der Waals surface area (Å²) in [6.45, 7) is 6.12. The topological polar surface area (TPSA) is 71.0 Å². The molecule has 1 N–H and O–H groups in total. The number of anilines is 2. The highest BCUT2D eigenvalue weighted by Crippen LogP contribution is 2.27. The monoisotopic (exact) mass is 375 g/mol. The van der Waals surface area contributed by atoms with E-state index in [-0.39, 0.29) is 5.91 Å². The number of carbonyl (C=O) groups is 1. The van der Waals surface area contributed by atoms with Crippen molar-refractivity contribution in [2.75, 3.05) is 23.3 Å². The van der Waals surface area contributed by atoms with Crippen molar-refractivity contribution >= 4 is 28.4 Å². The molecule has 0 atom stereocenters. The van der Waals surface area contributed by atoms with Gasteiger partial charge in [-0.1, -0.05) is 13.8 Å². The molecule has 0 bridgehead atoms. The summed E-state index contributed by atoms with van der Waals surface area (Å²) >= 11 is 0. The number of fused-ring (bicyclic) bond motifs is 1. The number of nitrogens with one attached hydrogen (secondary N) is 1. The summed E-state index contributed by atoms with van der Waals surface area (Å²) in [5.74, 6) is 0.685. The van der Waals surface area contributed by atoms with E-state index in [4.69, 9.17) is 9.97 Å². The lowest BCUT2D eigenvalue weighted by Crippen LogP contribution is -2.22. The third kappa shape index (κ3) is 3.54. The first kappa shape index (κ1) is 18.3. The van der Waals surface area contributed by atoms with Gasteiger partial charge in [-0.15, -0.1) is 0 Å². The third-order valence-corrected chi connectivity index (χ3v) is 5.19. The minimum Gasteiger partial charge on any atom is -0.355 e. The molecule has 4 rings (SSSR count). The molecule has 0 aliphatic carbocycles. The number of aromatic nitrogens is 3. The smallest absolute Gasteiger partial charge is 0.255 e. The van der Waals surface area contributed by atoms with Crippen molar-refractivity contribution in [1.82, 2.24) is 15.0 Å². The third-order valence-electron chi connectivity index (χ3n) is 5.19. The molecule has 0 unspecified atom stereocenters. The lowest BCUT2D eigenvalue weighted by atomic mass is 10.1. The maximum Gasteiger partial charge on any atom is 0.255 e. The van der Waals surface area contributed by atoms with Crippen molar-refractivity contribution in [1.29, 1.82) is 0 Å². The molecule has 6 heteroatoms. The summed E-state index contributed by atoms with van der Waals surface area (Å²) < 4.78 is 0. The molecule has 1 saturated heterocycles. The molecule has 1 aromatic carbocycles. The summed E-state index contributed by atoms with van der Waals surface area (Å²) in [4.78, 5) is 29.0. The fourth-order valence-electron chi connectivity index (χ4n) is 3.70. The van der Waals surface area contributed by atoms with Crippen molar-refractivity contribution in [2.24, 2.45) is 0 Å². The molecule has 1 aliphatic heterocycles. The van der Waals surface area contributed by atoms with Gasteiger partial charge in [0.1, 0.15) is 0 Å². The van der Waals surface area contributed by atoms with Gasteiger partial charge in [-0.05, 0) is 56.0 Å². The van der Waals surface area contributed by atoms with E-state index in [0.717, 1.165) is 72.7 Å². The molecule has 144 valence electrons. The summed E-state index contributed by atoms with van der Waals surface area (Å²) in [6, 6.07) is 9.26. The van der Waals surface area contributed by atoms with Crippen LogP contribution in [-0.4, -0.2) is 33.9 Å². The average molecular weight is 375 g/mol. The van der Waals surface area contributed by atoms with Crippen LogP contribution < -0.4 is 10.2 Å². The van der Waals surface area contributed by atoms with Gasteiger partial charge in [0.25, 0.3) is 5.91 Å². The second-order valence-electron chi connectivity index (χ2n) is 7.05. The standard InChI is InChI=1S/C22H25N5O/c1-3-16-17(4-2)25-20-14-15(9-10-18(20)24-16)22(28)26-19-8-7-11-23-21(19)27-12-5-6-13-27/h7-11,14H,3-6,12-13H2,1-2H3,(H,26,28). The van der Waals surface area contributed by atoms with E-state index in [1.807, 2.05) is 30.3 Å². The zero-order chi connectivity index (χ0) is 19.5. The normalized spacial score (nSPS) is 13.9. The molecule has 6 nitrogen and oxygen atoms in total. The number of hydrogen-bond acceptors (Lipinski definition) is 5. The first-order valence-electron chi connectivity index (χ1n) is 10.0. The predicted molar refractivity (Wildman–Crippen MR) is 112 cm³/mol. The van der Waals surface area contributed by atoms with Crippen LogP contribution in [-0.2, 0) is 12.8 Å². The molecule has 0 saturated carbocycles. The lowest BCUT2D eigenvalue weighted by Gasteiger charge is -2.20. The van der Waals surface area contributed by atoms with E-state index in [1.54, 1.807) is 6.20 Å². The largest absolute Gasteiger partial charge is 0.355 e. The Labute approximate surface area is 165 Å². The van der Waals surface area contributed by atoms with E-state index >= 15 is 0 Å². The van der Waals surface area contributed by atoms with E-state index < -0.39 is 0 Å². The molecular weight excluding hydrogens is 350 g/mol. The molecule has 28 heavy (non-hydrogen) atoms. The Kier molecular flexibility index (Phi) is 5.19. The van der Waals surface area contributed by atoms with Crippen LogP contribution >= 0.6 is 0 Å². The van der Waals surface area contributed by atoms with Crippen molar-refractivity contribution in [3.05, 3.63) is 53.5 Å². The van der Waals surface area contributed by atoms with Crippen LogP contribution in [0.5, 0.6) is 0 Å². The first-order chi connectivity index (χ1) is 13.7. The number of benzene rings is 1. The lowest BCUT2D eigenvalue weighted by molar-refractivity contribution is 0.102. The molecule has 3 aromatic rings. The molecular formula is C22H25N5O. The van der Waals surface area contributed by atoms with Gasteiger partial charge in [0, 0.05) is 24.8 Å². The van der Waals surface area contributed by atoms with Gasteiger partial charge in [-0.3, -0.25) is 4.79 Å². The fourth-order valence-corrected chi connectivity index (χ4v) is 3.70. The highest BCUT2D eigenvalue weighted by atomic mass is 16.1. The van der Waals surface area contributed by atoms with Crippen LogP contribution in [0.25, 0.3) is 11.0 Å². The molecule has 1 aliphatic rings. The van der Waals surface area contributed by atoms with Crippen LogP contribution in [0.4, 0.5) is 11.5 Å². The molecule has 0 spiro atoms. The number of amides is 1. The molecule has 3 heterocycles. The van der Waals surface area contributed by atoms with Crippen molar-refractivity contribution in [2.45, 2.75) is 39.5 Å². The highest BCUT2D eigenvalue weighted by Gasteiger charge is 2.18. The van der Waals surface area contributed by atoms with Crippen molar-refractivity contribution in [3.8, 4) is 0 Å². The van der Waals surface area contributed by atoms with Crippen LogP contribution in [0.15, 0.2) is 36.5 Å². The Morgan fingerprint density at radius 1 is 1.04 bits per heavy atom. The second kappa shape index (κ2) is 7.92. The van der Waals surface area contributed by atoms with E-state index in [0.29, 0.717) is 5.56 Å². The summed E-state index contributed by atoms with van der Waals surface area (Å²) in [5, 5.41) is 3.03. The van der Waals surface area contributed by atoms with Crippen LogP contribution in [0, 0.1) is 0 Å². The number of carbonyl (C=O) groups excluding carboxylic acids is 1. The fraction of sp³-hybridized carbons (Fsp3) is 0.364. The molecule has 1 fully saturated rings. The molecule has 2 aromatic heterocycles. The van der Waals surface area contributed by atoms with Crippen LogP contribution in [0.2, 0.25) is 0 Å². The molecule has 1 amide bonds. The Hall–Kier alpha value is -3.02. The predicted octanol–water partition coefficient (Wildman–Crippen LogP) is 4.00. The minimum atomic E-state index is -0.158. The number of aryl methyl sites for hydroxylation is 2. The number of rotatable bonds is 5. The summed E-state index contributed by atoms with van der Waals surface area (Å²) in [5.41, 5.74) is 4.92. The van der Waals surface area contributed by atoms with Crippen LogP contribution in [0.3, 0.4) is 0 Å². The van der Waals surface area contributed by atoms with Gasteiger partial charge in [-0.2, -0.15) is 0 Å². The summed E-state index contributed by atoms with van der Waals surface area (Å²) in [7, 11) is 0. The van der Waals surface area contributed by atoms with E-state index in [1.165, 1.54) is 0 Å². The van der Waals surface area contributed by atoms with E-state index in [2.05, 4.69) is 29.0 Å². The van der Waals surface area contributed by atoms with Gasteiger partial charge in [0.2, 0.25) is 0 Å². The molecule has 0 radical (unpaired) electrons. The Balaban J connectivity index is 1.63. The van der Waals surface area contributed by atoms with Gasteiger partial charge in [0.05, 0.1) is 28.1 Å². The van der Waals surface area contributed by atoms with E-state index in [9.17, 15) is 4.79 Å². The van der Waals surface area contributed by atoms with Crippen molar-refractivity contribution in [3.63, 3.8) is 0 Å². The van der Waals surface area contributed by atoms with Crippen LogP contribution in [0.1, 0.15) is 48.4 Å². The average Bonchev–Trinajstić information content (AvgIpc) is 3.27. The zero-order valence-corrected chi connectivity index (χ0v) is 16.4. The zero-order valence-electron chi connectivity index (χ0n) is 16.4. The van der Waals surface area contributed by atoms with Gasteiger partial charge in [-0.25, -0.2) is 15.0 Å². The van der Waals surface area contributed by atoms with Crippen molar-refractivity contribution < 1.29 is 4.79 Å². The number of nitrogens with zero attached hydrogens (tertiary/aromatic N) is 4. The number of pyridine rings is 1. The second-order valence-corrected chi connectivity index (χ2v) is 7.05. The van der Waals surface area contributed by atoms with Gasteiger partial charge in [0.15, 0.2) is 5.82 Å². The quantitative estimate of drug-likeness (QED) is 0.730. The highest BCUT2D eigenvalue weighted by molar-refractivity contribution is 6.07. The Bertz CT molecular complexity index is 1010. The van der Waals surface area contributed by atoms with Gasteiger partial charge >= 0.3 is 0 Å². The minimum absolute atomic E-state index is 0.158. The Morgan fingerprint density at radius 3 is 2.46 bits per heavy atom. The maximum absolute atomic E-state index is 12.9. The maximum atomic E-state index is 12.9. The Morgan fingerprint density at radius 2 is 1.75 bits per heavy atom. The first-order valence-corrected chi connectivity index (χ1v) is 10.0. The SMILES string of the molecule is CCc1nc2ccc(C(=O)Nc3cccnc3N3CCCC3)cc2nc1CC. The summed E-state index contributed by atoms with van der Waals surface area (Å²) in [6.07, 6.45) is 5.78.